The second-order valence-corrected chi connectivity index (χ2v) is 7.38. The number of fused-ring (bicyclic) bond motifs is 5. The number of aromatic hydroxyl groups is 1. The molecule has 8 nitrogen and oxygen atoms in total. The number of benzene rings is 1. The molecule has 2 bridgehead atoms. The molecule has 4 rings (SSSR count). The Hall–Kier alpha value is -3.36. The van der Waals surface area contributed by atoms with Gasteiger partial charge in [-0.1, -0.05) is 11.6 Å². The van der Waals surface area contributed by atoms with Gasteiger partial charge in [0, 0.05) is 13.0 Å². The molecule has 1 fully saturated rings. The highest BCUT2D eigenvalue weighted by molar-refractivity contribution is 6.32. The summed E-state index contributed by atoms with van der Waals surface area (Å²) in [5, 5.41) is 20.2. The predicted octanol–water partition coefficient (Wildman–Crippen LogP) is 2.64. The number of carbonyl (C=O) groups excluding carboxylic acids is 1. The quantitative estimate of drug-likeness (QED) is 0.617. The summed E-state index contributed by atoms with van der Waals surface area (Å²) in [4.78, 5) is 27.0. The fourth-order valence-corrected chi connectivity index (χ4v) is 4.35. The summed E-state index contributed by atoms with van der Waals surface area (Å²) in [5.74, 6) is 2.16. The van der Waals surface area contributed by atoms with Crippen molar-refractivity contribution in [3.8, 4) is 30.0 Å². The molecule has 1 aromatic carbocycles. The zero-order chi connectivity index (χ0) is 20.9. The van der Waals surface area contributed by atoms with E-state index in [1.54, 1.807) is 13.0 Å². The Morgan fingerprint density at radius 2 is 2.24 bits per heavy atom. The van der Waals surface area contributed by atoms with Crippen LogP contribution in [0.5, 0.6) is 5.88 Å². The summed E-state index contributed by atoms with van der Waals surface area (Å²) < 4.78 is 7.87. The van der Waals surface area contributed by atoms with Crippen molar-refractivity contribution in [2.75, 3.05) is 13.2 Å². The number of hydrogen-bond acceptors (Lipinski definition) is 5. The molecule has 29 heavy (non-hydrogen) atoms. The monoisotopic (exact) mass is 412 g/mol. The van der Waals surface area contributed by atoms with Gasteiger partial charge >= 0.3 is 11.8 Å². The number of halogens is 1. The van der Waals surface area contributed by atoms with E-state index in [0.717, 1.165) is 0 Å². The SMILES string of the molecule is C#CCCOC(=O)N1C[C@H]2CC1c1c(O)n(-c3ccc(C#N)c(Cl)c3C)c(=O)n12. The Kier molecular flexibility index (Phi) is 4.52. The Labute approximate surface area is 171 Å². The summed E-state index contributed by atoms with van der Waals surface area (Å²) >= 11 is 6.23. The van der Waals surface area contributed by atoms with E-state index in [4.69, 9.17) is 28.0 Å². The third-order valence-corrected chi connectivity index (χ3v) is 5.97. The van der Waals surface area contributed by atoms with Crippen LogP contribution in [-0.4, -0.2) is 38.4 Å². The normalized spacial score (nSPS) is 19.0. The summed E-state index contributed by atoms with van der Waals surface area (Å²) in [6.07, 6.45) is 5.51. The number of hydrogen-bond donors (Lipinski definition) is 1. The lowest BCUT2D eigenvalue weighted by Gasteiger charge is -2.26. The molecular formula is C20H17ClN4O4. The second-order valence-electron chi connectivity index (χ2n) is 7.01. The van der Waals surface area contributed by atoms with Crippen molar-refractivity contribution in [2.45, 2.75) is 31.8 Å². The molecule has 1 aromatic heterocycles. The van der Waals surface area contributed by atoms with Crippen LogP contribution in [-0.2, 0) is 4.74 Å². The van der Waals surface area contributed by atoms with E-state index in [1.807, 2.05) is 6.07 Å². The predicted molar refractivity (Wildman–Crippen MR) is 104 cm³/mol. The third-order valence-electron chi connectivity index (χ3n) is 5.48. The molecule has 0 radical (unpaired) electrons. The number of likely N-dealkylation sites (tertiary alicyclic amines) is 1. The van der Waals surface area contributed by atoms with Gasteiger partial charge in [0.15, 0.2) is 0 Å². The molecule has 0 aliphatic carbocycles. The molecule has 1 unspecified atom stereocenters. The maximum absolute atomic E-state index is 13.1. The Morgan fingerprint density at radius 1 is 1.48 bits per heavy atom. The standard InChI is InChI=1S/C20H17ClN4O4/c1-3-4-7-29-20(28)23-10-13-8-15(23)17-18(26)25(19(27)24(13)17)14-6-5-12(9-22)16(21)11(14)2/h1,5-6,13,15,26H,4,7-8,10H2,2H3/t13-,15?/m1/s1. The van der Waals surface area contributed by atoms with Crippen LogP contribution < -0.4 is 5.69 Å². The minimum atomic E-state index is -0.517. The highest BCUT2D eigenvalue weighted by Gasteiger charge is 2.49. The molecule has 1 N–H and O–H groups in total. The Morgan fingerprint density at radius 3 is 2.93 bits per heavy atom. The smallest absolute Gasteiger partial charge is 0.410 e. The van der Waals surface area contributed by atoms with E-state index in [-0.39, 0.29) is 29.1 Å². The van der Waals surface area contributed by atoms with E-state index in [1.165, 1.54) is 20.1 Å². The first-order valence-corrected chi connectivity index (χ1v) is 9.41. The molecule has 1 amide bonds. The molecule has 2 atom stereocenters. The number of imidazole rings is 1. The summed E-state index contributed by atoms with van der Waals surface area (Å²) in [5.41, 5.74) is 1.15. The van der Waals surface area contributed by atoms with E-state index >= 15 is 0 Å². The van der Waals surface area contributed by atoms with E-state index in [9.17, 15) is 14.7 Å². The van der Waals surface area contributed by atoms with Crippen LogP contribution in [0.4, 0.5) is 4.79 Å². The topological polar surface area (TPSA) is 100 Å². The lowest BCUT2D eigenvalue weighted by Crippen LogP contribution is -2.38. The lowest BCUT2D eigenvalue weighted by molar-refractivity contribution is 0.0946. The van der Waals surface area contributed by atoms with Crippen molar-refractivity contribution in [3.05, 3.63) is 44.5 Å². The molecular weight excluding hydrogens is 396 g/mol. The largest absolute Gasteiger partial charge is 0.493 e. The average molecular weight is 413 g/mol. The number of amides is 1. The van der Waals surface area contributed by atoms with Gasteiger partial charge in [0.2, 0.25) is 5.88 Å². The summed E-state index contributed by atoms with van der Waals surface area (Å²) in [7, 11) is 0. The first-order valence-electron chi connectivity index (χ1n) is 9.03. The number of nitriles is 1. The van der Waals surface area contributed by atoms with Gasteiger partial charge in [0.05, 0.1) is 28.4 Å². The van der Waals surface area contributed by atoms with Gasteiger partial charge in [0.1, 0.15) is 18.4 Å². The minimum Gasteiger partial charge on any atom is -0.493 e. The maximum Gasteiger partial charge on any atom is 0.410 e. The van der Waals surface area contributed by atoms with Gasteiger partial charge in [-0.2, -0.15) is 5.26 Å². The van der Waals surface area contributed by atoms with Crippen molar-refractivity contribution in [3.63, 3.8) is 0 Å². The third kappa shape index (κ3) is 2.68. The fourth-order valence-electron chi connectivity index (χ4n) is 4.15. The van der Waals surface area contributed by atoms with E-state index < -0.39 is 17.8 Å². The van der Waals surface area contributed by atoms with Crippen molar-refractivity contribution >= 4 is 17.7 Å². The van der Waals surface area contributed by atoms with Gasteiger partial charge in [-0.3, -0.25) is 9.47 Å². The summed E-state index contributed by atoms with van der Waals surface area (Å²) in [6.45, 7) is 2.12. The van der Waals surface area contributed by atoms with Crippen LogP contribution in [0.2, 0.25) is 5.02 Å². The van der Waals surface area contributed by atoms with Crippen LogP contribution in [0.3, 0.4) is 0 Å². The second kappa shape index (κ2) is 6.91. The molecule has 2 aromatic rings. The van der Waals surface area contributed by atoms with Crippen molar-refractivity contribution in [1.82, 2.24) is 14.0 Å². The van der Waals surface area contributed by atoms with Crippen molar-refractivity contribution in [2.24, 2.45) is 0 Å². The fraction of sp³-hybridized carbons (Fsp3) is 0.350. The van der Waals surface area contributed by atoms with Crippen LogP contribution >= 0.6 is 11.6 Å². The summed E-state index contributed by atoms with van der Waals surface area (Å²) in [6, 6.07) is 4.36. The molecule has 2 aliphatic rings. The maximum atomic E-state index is 13.1. The molecule has 3 heterocycles. The minimum absolute atomic E-state index is 0.117. The highest BCUT2D eigenvalue weighted by atomic mass is 35.5. The van der Waals surface area contributed by atoms with Crippen LogP contribution in [0.15, 0.2) is 16.9 Å². The van der Waals surface area contributed by atoms with Crippen LogP contribution in [0.1, 0.15) is 41.7 Å². The Bertz CT molecular complexity index is 1170. The molecule has 0 spiro atoms. The van der Waals surface area contributed by atoms with Crippen molar-refractivity contribution < 1.29 is 14.6 Å². The number of carbonyl (C=O) groups is 1. The first-order chi connectivity index (χ1) is 13.9. The van der Waals surface area contributed by atoms with Crippen LogP contribution in [0, 0.1) is 30.6 Å². The van der Waals surface area contributed by atoms with Crippen molar-refractivity contribution in [1.29, 1.82) is 5.26 Å². The highest BCUT2D eigenvalue weighted by Crippen LogP contribution is 2.49. The number of terminal acetylenes is 1. The van der Waals surface area contributed by atoms with Gasteiger partial charge in [0.25, 0.3) is 0 Å². The zero-order valence-electron chi connectivity index (χ0n) is 15.6. The van der Waals surface area contributed by atoms with E-state index in [2.05, 4.69) is 5.92 Å². The van der Waals surface area contributed by atoms with Crippen LogP contribution in [0.25, 0.3) is 5.69 Å². The van der Waals surface area contributed by atoms with E-state index in [0.29, 0.717) is 36.3 Å². The number of nitrogens with zero attached hydrogens (tertiary/aromatic N) is 4. The number of rotatable bonds is 3. The molecule has 1 saturated heterocycles. The number of aromatic nitrogens is 2. The lowest BCUT2D eigenvalue weighted by atomic mass is 10.1. The molecule has 148 valence electrons. The zero-order valence-corrected chi connectivity index (χ0v) is 16.3. The average Bonchev–Trinajstić information content (AvgIpc) is 3.36. The Balaban J connectivity index is 1.74. The molecule has 0 saturated carbocycles. The van der Waals surface area contributed by atoms with Gasteiger partial charge in [-0.25, -0.2) is 14.2 Å². The van der Waals surface area contributed by atoms with Gasteiger partial charge in [-0.05, 0) is 31.0 Å². The van der Waals surface area contributed by atoms with Gasteiger partial charge in [-0.15, -0.1) is 12.3 Å². The van der Waals surface area contributed by atoms with Gasteiger partial charge < -0.3 is 9.84 Å². The molecule has 9 heteroatoms. The first kappa shape index (κ1) is 19.0. The molecule has 2 aliphatic heterocycles. The number of ether oxygens (including phenoxy) is 1.